The van der Waals surface area contributed by atoms with Crippen LogP contribution in [0.15, 0.2) is 0 Å². The van der Waals surface area contributed by atoms with Gasteiger partial charge in [-0.15, -0.1) is 0 Å². The maximum absolute atomic E-state index is 12.5. The second kappa shape index (κ2) is 5.12. The molecule has 2 rings (SSSR count). The van der Waals surface area contributed by atoms with E-state index < -0.39 is 11.4 Å². The number of nitrogens with one attached hydrogen (secondary N) is 2. The summed E-state index contributed by atoms with van der Waals surface area (Å²) in [6, 6.07) is -0.232. The fourth-order valence-corrected chi connectivity index (χ4v) is 3.19. The van der Waals surface area contributed by atoms with E-state index in [4.69, 9.17) is 0 Å². The minimum Gasteiger partial charge on any atom is -0.481 e. The summed E-state index contributed by atoms with van der Waals surface area (Å²) in [5, 5.41) is 15.6. The van der Waals surface area contributed by atoms with Gasteiger partial charge in [0.25, 0.3) is 0 Å². The molecular weight excluding hydrogens is 244 g/mol. The quantitative estimate of drug-likeness (QED) is 0.717. The number of piperidine rings is 1. The van der Waals surface area contributed by atoms with Gasteiger partial charge in [-0.05, 0) is 45.7 Å². The van der Waals surface area contributed by atoms with E-state index in [9.17, 15) is 14.7 Å². The lowest BCUT2D eigenvalue weighted by Gasteiger charge is -2.36. The van der Waals surface area contributed by atoms with Crippen molar-refractivity contribution < 1.29 is 14.7 Å². The summed E-state index contributed by atoms with van der Waals surface area (Å²) in [4.78, 5) is 23.9. The van der Waals surface area contributed by atoms with E-state index in [1.165, 1.54) is 0 Å². The normalized spacial score (nSPS) is 33.9. The Hall–Kier alpha value is -1.10. The summed E-state index contributed by atoms with van der Waals surface area (Å²) in [7, 11) is 0. The molecule has 0 aromatic rings. The molecule has 1 heterocycles. The lowest BCUT2D eigenvalue weighted by molar-refractivity contribution is -0.149. The van der Waals surface area contributed by atoms with Gasteiger partial charge >= 0.3 is 5.97 Å². The first kappa shape index (κ1) is 14.3. The van der Waals surface area contributed by atoms with Gasteiger partial charge in [-0.25, -0.2) is 0 Å². The third-order valence-corrected chi connectivity index (χ3v) is 5.01. The molecule has 2 atom stereocenters. The molecule has 1 aliphatic carbocycles. The Labute approximate surface area is 114 Å². The number of amides is 1. The summed E-state index contributed by atoms with van der Waals surface area (Å²) in [5.41, 5.74) is -1.16. The van der Waals surface area contributed by atoms with E-state index in [1.807, 2.05) is 6.92 Å². The second-order valence-electron chi connectivity index (χ2n) is 6.45. The van der Waals surface area contributed by atoms with Crippen molar-refractivity contribution in [2.24, 2.45) is 10.8 Å². The standard InChI is InChI=1S/C14H24N2O3/c1-13(6-8-15-9-7-13)11(17)16-10-4-3-5-14(10,2)12(18)19/h10,15H,3-9H2,1-2H3,(H,16,17)(H,18,19). The molecule has 0 bridgehead atoms. The summed E-state index contributed by atoms with van der Waals surface area (Å²) >= 11 is 0. The summed E-state index contributed by atoms with van der Waals surface area (Å²) in [5.74, 6) is -0.779. The van der Waals surface area contributed by atoms with Crippen LogP contribution in [0.2, 0.25) is 0 Å². The van der Waals surface area contributed by atoms with Gasteiger partial charge in [0, 0.05) is 11.5 Å². The van der Waals surface area contributed by atoms with Gasteiger partial charge in [-0.1, -0.05) is 13.3 Å². The van der Waals surface area contributed by atoms with Gasteiger partial charge in [0.2, 0.25) is 5.91 Å². The molecule has 1 saturated heterocycles. The Morgan fingerprint density at radius 1 is 1.21 bits per heavy atom. The molecule has 0 spiro atoms. The maximum atomic E-state index is 12.5. The molecule has 19 heavy (non-hydrogen) atoms. The molecule has 5 heteroatoms. The average Bonchev–Trinajstić information content (AvgIpc) is 2.73. The van der Waals surface area contributed by atoms with Crippen LogP contribution in [-0.2, 0) is 9.59 Å². The first-order chi connectivity index (χ1) is 8.88. The van der Waals surface area contributed by atoms with E-state index in [1.54, 1.807) is 6.92 Å². The monoisotopic (exact) mass is 268 g/mol. The molecule has 3 N–H and O–H groups in total. The highest BCUT2D eigenvalue weighted by molar-refractivity contribution is 5.84. The highest BCUT2D eigenvalue weighted by atomic mass is 16.4. The number of carboxylic acids is 1. The zero-order valence-corrected chi connectivity index (χ0v) is 11.8. The van der Waals surface area contributed by atoms with Crippen molar-refractivity contribution in [2.45, 2.75) is 52.0 Å². The van der Waals surface area contributed by atoms with Gasteiger partial charge in [0.1, 0.15) is 0 Å². The van der Waals surface area contributed by atoms with Crippen molar-refractivity contribution in [3.8, 4) is 0 Å². The Bertz CT molecular complexity index is 377. The van der Waals surface area contributed by atoms with Crippen LogP contribution in [0.3, 0.4) is 0 Å². The minimum atomic E-state index is -0.807. The largest absolute Gasteiger partial charge is 0.481 e. The molecule has 2 fully saturated rings. The Balaban J connectivity index is 2.04. The smallest absolute Gasteiger partial charge is 0.311 e. The number of aliphatic carboxylic acids is 1. The number of carbonyl (C=O) groups is 2. The lowest BCUT2D eigenvalue weighted by atomic mass is 9.78. The van der Waals surface area contributed by atoms with Crippen molar-refractivity contribution in [2.75, 3.05) is 13.1 Å². The van der Waals surface area contributed by atoms with Crippen LogP contribution in [0.25, 0.3) is 0 Å². The van der Waals surface area contributed by atoms with Gasteiger partial charge in [-0.3, -0.25) is 9.59 Å². The molecule has 108 valence electrons. The number of rotatable bonds is 3. The average molecular weight is 268 g/mol. The SMILES string of the molecule is CC1(C(=O)NC2CCCC2(C)C(=O)O)CCNCC1. The summed E-state index contributed by atoms with van der Waals surface area (Å²) < 4.78 is 0. The van der Waals surface area contributed by atoms with Crippen molar-refractivity contribution in [3.63, 3.8) is 0 Å². The lowest BCUT2D eigenvalue weighted by Crippen LogP contribution is -2.53. The zero-order valence-electron chi connectivity index (χ0n) is 11.8. The van der Waals surface area contributed by atoms with Crippen LogP contribution >= 0.6 is 0 Å². The van der Waals surface area contributed by atoms with Crippen LogP contribution in [0.5, 0.6) is 0 Å². The van der Waals surface area contributed by atoms with Crippen LogP contribution < -0.4 is 10.6 Å². The molecule has 2 unspecified atom stereocenters. The first-order valence-electron chi connectivity index (χ1n) is 7.14. The summed E-state index contributed by atoms with van der Waals surface area (Å²) in [6.45, 7) is 5.43. The van der Waals surface area contributed by atoms with E-state index in [-0.39, 0.29) is 17.4 Å². The fraction of sp³-hybridized carbons (Fsp3) is 0.857. The van der Waals surface area contributed by atoms with E-state index >= 15 is 0 Å². The van der Waals surface area contributed by atoms with Crippen LogP contribution in [0, 0.1) is 10.8 Å². The minimum absolute atomic E-state index is 0.0216. The zero-order chi connectivity index (χ0) is 14.1. The highest BCUT2D eigenvalue weighted by Crippen LogP contribution is 2.39. The molecule has 5 nitrogen and oxygen atoms in total. The Kier molecular flexibility index (Phi) is 3.85. The maximum Gasteiger partial charge on any atom is 0.311 e. The first-order valence-corrected chi connectivity index (χ1v) is 7.14. The molecule has 1 aliphatic heterocycles. The number of hydrogen-bond donors (Lipinski definition) is 3. The van der Waals surface area contributed by atoms with Gasteiger partial charge in [0.15, 0.2) is 0 Å². The summed E-state index contributed by atoms with van der Waals surface area (Å²) in [6.07, 6.45) is 3.91. The van der Waals surface area contributed by atoms with E-state index in [0.717, 1.165) is 38.8 Å². The molecule has 1 saturated carbocycles. The van der Waals surface area contributed by atoms with Gasteiger partial charge in [0.05, 0.1) is 5.41 Å². The molecule has 0 aromatic carbocycles. The van der Waals surface area contributed by atoms with E-state index in [0.29, 0.717) is 6.42 Å². The highest BCUT2D eigenvalue weighted by Gasteiger charge is 2.47. The molecule has 2 aliphatic rings. The van der Waals surface area contributed by atoms with Crippen molar-refractivity contribution in [1.29, 1.82) is 0 Å². The third-order valence-electron chi connectivity index (χ3n) is 5.01. The van der Waals surface area contributed by atoms with Crippen molar-refractivity contribution in [3.05, 3.63) is 0 Å². The van der Waals surface area contributed by atoms with Gasteiger partial charge < -0.3 is 15.7 Å². The predicted octanol–water partition coefficient (Wildman–Crippen LogP) is 1.14. The number of carbonyl (C=O) groups excluding carboxylic acids is 1. The Morgan fingerprint density at radius 3 is 2.42 bits per heavy atom. The Morgan fingerprint density at radius 2 is 1.84 bits per heavy atom. The number of carboxylic acid groups (broad SMARTS) is 1. The van der Waals surface area contributed by atoms with Crippen LogP contribution in [0.4, 0.5) is 0 Å². The van der Waals surface area contributed by atoms with Crippen LogP contribution in [-0.4, -0.2) is 36.1 Å². The van der Waals surface area contributed by atoms with E-state index in [2.05, 4.69) is 10.6 Å². The number of hydrogen-bond acceptors (Lipinski definition) is 3. The van der Waals surface area contributed by atoms with Crippen molar-refractivity contribution >= 4 is 11.9 Å². The molecule has 0 aromatic heterocycles. The molecule has 1 amide bonds. The van der Waals surface area contributed by atoms with Crippen molar-refractivity contribution in [1.82, 2.24) is 10.6 Å². The fourth-order valence-electron chi connectivity index (χ4n) is 3.19. The molecule has 0 radical (unpaired) electrons. The third kappa shape index (κ3) is 2.61. The van der Waals surface area contributed by atoms with Crippen LogP contribution in [0.1, 0.15) is 46.0 Å². The second-order valence-corrected chi connectivity index (χ2v) is 6.45. The topological polar surface area (TPSA) is 78.4 Å². The molecular formula is C14H24N2O3. The van der Waals surface area contributed by atoms with Gasteiger partial charge in [-0.2, -0.15) is 0 Å². The predicted molar refractivity (Wildman–Crippen MR) is 71.7 cm³/mol.